The Morgan fingerprint density at radius 1 is 1.29 bits per heavy atom. The molecule has 1 heteroatoms. The molecule has 0 N–H and O–H groups in total. The van der Waals surface area contributed by atoms with E-state index >= 15 is 0 Å². The van der Waals surface area contributed by atoms with Crippen LogP contribution in [0.15, 0.2) is 43.0 Å². The first kappa shape index (κ1) is 11.0. The van der Waals surface area contributed by atoms with Crippen LogP contribution in [0.5, 0.6) is 0 Å². The van der Waals surface area contributed by atoms with Crippen LogP contribution < -0.4 is 0 Å². The summed E-state index contributed by atoms with van der Waals surface area (Å²) in [7, 11) is 0. The lowest BCUT2D eigenvalue weighted by Crippen LogP contribution is -2.23. The number of hydrogen-bond acceptors (Lipinski definition) is 1. The monoisotopic (exact) mass is 189 g/mol. The molecule has 76 valence electrons. The van der Waals surface area contributed by atoms with Crippen LogP contribution in [0.25, 0.3) is 0 Å². The summed E-state index contributed by atoms with van der Waals surface area (Å²) in [6.45, 7) is 9.14. The first-order chi connectivity index (χ1) is 6.86. The third-order valence-electron chi connectivity index (χ3n) is 2.18. The SMILES string of the molecule is C=CCN(CCC)Cc1ccccc1. The van der Waals surface area contributed by atoms with E-state index in [-0.39, 0.29) is 0 Å². The average molecular weight is 189 g/mol. The highest BCUT2D eigenvalue weighted by molar-refractivity contribution is 5.14. The molecule has 0 fully saturated rings. The molecule has 0 aliphatic heterocycles. The average Bonchev–Trinajstić information content (AvgIpc) is 2.20. The fourth-order valence-corrected chi connectivity index (χ4v) is 1.58. The van der Waals surface area contributed by atoms with Crippen molar-refractivity contribution in [1.29, 1.82) is 0 Å². The smallest absolute Gasteiger partial charge is 0.0237 e. The maximum atomic E-state index is 3.78. The van der Waals surface area contributed by atoms with Gasteiger partial charge in [0.2, 0.25) is 0 Å². The van der Waals surface area contributed by atoms with E-state index in [0.29, 0.717) is 0 Å². The van der Waals surface area contributed by atoms with Gasteiger partial charge in [-0.2, -0.15) is 0 Å². The number of benzene rings is 1. The normalized spacial score (nSPS) is 10.4. The van der Waals surface area contributed by atoms with Gasteiger partial charge < -0.3 is 0 Å². The Labute approximate surface area is 87.1 Å². The molecule has 0 amide bonds. The largest absolute Gasteiger partial charge is 0.295 e. The van der Waals surface area contributed by atoms with Crippen molar-refractivity contribution in [2.45, 2.75) is 19.9 Å². The van der Waals surface area contributed by atoms with E-state index in [4.69, 9.17) is 0 Å². The third-order valence-corrected chi connectivity index (χ3v) is 2.18. The first-order valence-electron chi connectivity index (χ1n) is 5.24. The molecular weight excluding hydrogens is 170 g/mol. The minimum atomic E-state index is 0.975. The van der Waals surface area contributed by atoms with Crippen molar-refractivity contribution in [3.05, 3.63) is 48.6 Å². The Kier molecular flexibility index (Phi) is 5.02. The predicted octanol–water partition coefficient (Wildman–Crippen LogP) is 3.08. The molecule has 0 saturated heterocycles. The summed E-state index contributed by atoms with van der Waals surface area (Å²) in [5.41, 5.74) is 1.38. The van der Waals surface area contributed by atoms with Crippen molar-refractivity contribution in [2.24, 2.45) is 0 Å². The summed E-state index contributed by atoms with van der Waals surface area (Å²) in [5, 5.41) is 0. The topological polar surface area (TPSA) is 3.24 Å². The van der Waals surface area contributed by atoms with E-state index in [1.807, 2.05) is 6.08 Å². The fraction of sp³-hybridized carbons (Fsp3) is 0.385. The lowest BCUT2D eigenvalue weighted by Gasteiger charge is -2.19. The summed E-state index contributed by atoms with van der Waals surface area (Å²) < 4.78 is 0. The summed E-state index contributed by atoms with van der Waals surface area (Å²) in [5.74, 6) is 0. The van der Waals surface area contributed by atoms with Crippen LogP contribution in [-0.2, 0) is 6.54 Å². The minimum absolute atomic E-state index is 0.975. The highest BCUT2D eigenvalue weighted by atomic mass is 15.1. The molecule has 0 aliphatic rings. The van der Waals surface area contributed by atoms with Crippen LogP contribution in [0, 0.1) is 0 Å². The van der Waals surface area contributed by atoms with Crippen LogP contribution >= 0.6 is 0 Å². The van der Waals surface area contributed by atoms with Crippen LogP contribution in [0.2, 0.25) is 0 Å². The van der Waals surface area contributed by atoms with Gasteiger partial charge in [-0.3, -0.25) is 4.90 Å². The number of nitrogens with zero attached hydrogens (tertiary/aromatic N) is 1. The lowest BCUT2D eigenvalue weighted by atomic mass is 10.2. The minimum Gasteiger partial charge on any atom is -0.295 e. The first-order valence-corrected chi connectivity index (χ1v) is 5.24. The van der Waals surface area contributed by atoms with E-state index < -0.39 is 0 Å². The second-order valence-electron chi connectivity index (χ2n) is 3.51. The molecule has 0 bridgehead atoms. The second kappa shape index (κ2) is 6.39. The van der Waals surface area contributed by atoms with Gasteiger partial charge >= 0.3 is 0 Å². The molecule has 0 atom stereocenters. The molecule has 1 nitrogen and oxygen atoms in total. The van der Waals surface area contributed by atoms with Gasteiger partial charge in [-0.15, -0.1) is 6.58 Å². The molecule has 1 rings (SSSR count). The number of rotatable bonds is 6. The van der Waals surface area contributed by atoms with E-state index in [1.165, 1.54) is 12.0 Å². The van der Waals surface area contributed by atoms with Crippen molar-refractivity contribution in [1.82, 2.24) is 4.90 Å². The van der Waals surface area contributed by atoms with Gasteiger partial charge in [0.05, 0.1) is 0 Å². The summed E-state index contributed by atoms with van der Waals surface area (Å²) in [6, 6.07) is 10.6. The third kappa shape index (κ3) is 3.75. The molecule has 0 unspecified atom stereocenters. The molecule has 1 aromatic carbocycles. The predicted molar refractivity (Wildman–Crippen MR) is 62.2 cm³/mol. The Hall–Kier alpha value is -1.08. The highest BCUT2D eigenvalue weighted by Crippen LogP contribution is 2.04. The summed E-state index contributed by atoms with van der Waals surface area (Å²) >= 11 is 0. The molecule has 0 spiro atoms. The van der Waals surface area contributed by atoms with Gasteiger partial charge in [0.25, 0.3) is 0 Å². The molecule has 0 heterocycles. The van der Waals surface area contributed by atoms with Crippen molar-refractivity contribution < 1.29 is 0 Å². The molecular formula is C13H19N. The summed E-state index contributed by atoms with van der Waals surface area (Å²) in [6.07, 6.45) is 3.17. The Morgan fingerprint density at radius 2 is 2.00 bits per heavy atom. The van der Waals surface area contributed by atoms with Crippen LogP contribution in [0.4, 0.5) is 0 Å². The quantitative estimate of drug-likeness (QED) is 0.622. The lowest BCUT2D eigenvalue weighted by molar-refractivity contribution is 0.295. The second-order valence-corrected chi connectivity index (χ2v) is 3.51. The molecule has 1 aromatic rings. The Bertz CT molecular complexity index is 253. The standard InChI is InChI=1S/C13H19N/c1-3-10-14(11-4-2)12-13-8-6-5-7-9-13/h3,5-9H,1,4,10-12H2,2H3. The van der Waals surface area contributed by atoms with Gasteiger partial charge in [0.1, 0.15) is 0 Å². The highest BCUT2D eigenvalue weighted by Gasteiger charge is 2.01. The van der Waals surface area contributed by atoms with Crippen molar-refractivity contribution in [3.63, 3.8) is 0 Å². The van der Waals surface area contributed by atoms with Crippen molar-refractivity contribution in [3.8, 4) is 0 Å². The van der Waals surface area contributed by atoms with Crippen molar-refractivity contribution >= 4 is 0 Å². The Balaban J connectivity index is 2.50. The van der Waals surface area contributed by atoms with Crippen molar-refractivity contribution in [2.75, 3.05) is 13.1 Å². The van der Waals surface area contributed by atoms with Gasteiger partial charge in [0.15, 0.2) is 0 Å². The summed E-state index contributed by atoms with van der Waals surface area (Å²) in [4.78, 5) is 2.41. The van der Waals surface area contributed by atoms with Crippen LogP contribution in [0.1, 0.15) is 18.9 Å². The van der Waals surface area contributed by atoms with E-state index in [2.05, 4.69) is 48.7 Å². The maximum absolute atomic E-state index is 3.78. The zero-order chi connectivity index (χ0) is 10.2. The maximum Gasteiger partial charge on any atom is 0.0237 e. The fourth-order valence-electron chi connectivity index (χ4n) is 1.58. The van der Waals surface area contributed by atoms with Gasteiger partial charge in [-0.25, -0.2) is 0 Å². The zero-order valence-corrected chi connectivity index (χ0v) is 8.95. The van der Waals surface area contributed by atoms with Gasteiger partial charge in [0, 0.05) is 13.1 Å². The van der Waals surface area contributed by atoms with E-state index in [0.717, 1.165) is 19.6 Å². The molecule has 0 aliphatic carbocycles. The zero-order valence-electron chi connectivity index (χ0n) is 8.95. The van der Waals surface area contributed by atoms with E-state index in [1.54, 1.807) is 0 Å². The molecule has 14 heavy (non-hydrogen) atoms. The van der Waals surface area contributed by atoms with E-state index in [9.17, 15) is 0 Å². The molecule has 0 saturated carbocycles. The van der Waals surface area contributed by atoms with Crippen LogP contribution in [-0.4, -0.2) is 18.0 Å². The van der Waals surface area contributed by atoms with Gasteiger partial charge in [-0.05, 0) is 18.5 Å². The Morgan fingerprint density at radius 3 is 2.57 bits per heavy atom. The number of hydrogen-bond donors (Lipinski definition) is 0. The van der Waals surface area contributed by atoms with Crippen LogP contribution in [0.3, 0.4) is 0 Å². The molecule has 0 aromatic heterocycles. The molecule has 0 radical (unpaired) electrons. The van der Waals surface area contributed by atoms with Gasteiger partial charge in [-0.1, -0.05) is 43.3 Å².